The molecule has 0 saturated heterocycles. The molecular formula is C18H15F3N2O4. The Labute approximate surface area is 152 Å². The van der Waals surface area contributed by atoms with Gasteiger partial charge in [0, 0.05) is 17.8 Å². The van der Waals surface area contributed by atoms with E-state index in [1.54, 1.807) is 30.3 Å². The molecule has 0 spiro atoms. The Kier molecular flexibility index (Phi) is 6.30. The van der Waals surface area contributed by atoms with Gasteiger partial charge in [0.15, 0.2) is 0 Å². The molecule has 0 radical (unpaired) electrons. The third-order valence-corrected chi connectivity index (χ3v) is 3.45. The number of ether oxygens (including phenoxy) is 1. The predicted octanol–water partition coefficient (Wildman–Crippen LogP) is 2.42. The van der Waals surface area contributed by atoms with Crippen LogP contribution in [0.3, 0.4) is 0 Å². The maximum atomic E-state index is 12.7. The molecule has 9 heteroatoms. The number of esters is 2. The van der Waals surface area contributed by atoms with E-state index in [1.165, 1.54) is 24.3 Å². The second kappa shape index (κ2) is 8.45. The highest BCUT2D eigenvalue weighted by atomic mass is 19.4. The van der Waals surface area contributed by atoms with Crippen molar-refractivity contribution >= 4 is 23.5 Å². The predicted molar refractivity (Wildman–Crippen MR) is 89.6 cm³/mol. The van der Waals surface area contributed by atoms with Crippen LogP contribution in [-0.2, 0) is 20.9 Å². The number of hydrogen-bond acceptors (Lipinski definition) is 5. The second-order valence-corrected chi connectivity index (χ2v) is 5.39. The molecule has 0 atom stereocenters. The summed E-state index contributed by atoms with van der Waals surface area (Å²) in [5, 5.41) is 0. The fourth-order valence-electron chi connectivity index (χ4n) is 2.19. The summed E-state index contributed by atoms with van der Waals surface area (Å²) in [7, 11) is 0. The summed E-state index contributed by atoms with van der Waals surface area (Å²) < 4.78 is 40.6. The van der Waals surface area contributed by atoms with E-state index in [2.05, 4.69) is 4.74 Å². The van der Waals surface area contributed by atoms with E-state index in [4.69, 9.17) is 5.73 Å². The van der Waals surface area contributed by atoms with Crippen molar-refractivity contribution in [2.45, 2.75) is 12.7 Å². The Morgan fingerprint density at radius 3 is 2.26 bits per heavy atom. The number of benzene rings is 2. The molecule has 0 aromatic heterocycles. The first-order valence-corrected chi connectivity index (χ1v) is 7.70. The van der Waals surface area contributed by atoms with Crippen LogP contribution in [0.4, 0.5) is 18.9 Å². The number of anilines is 1. The largest absolute Gasteiger partial charge is 0.491 e. The van der Waals surface area contributed by atoms with Crippen LogP contribution >= 0.6 is 0 Å². The molecule has 0 heterocycles. The molecule has 0 aliphatic heterocycles. The fourth-order valence-corrected chi connectivity index (χ4v) is 2.19. The number of amides is 1. The van der Waals surface area contributed by atoms with E-state index in [0.717, 1.165) is 4.90 Å². The van der Waals surface area contributed by atoms with Crippen molar-refractivity contribution in [1.82, 2.24) is 0 Å². The van der Waals surface area contributed by atoms with E-state index in [-0.39, 0.29) is 17.8 Å². The summed E-state index contributed by atoms with van der Waals surface area (Å²) in [4.78, 5) is 36.3. The van der Waals surface area contributed by atoms with E-state index in [0.29, 0.717) is 5.56 Å². The van der Waals surface area contributed by atoms with E-state index in [1.807, 2.05) is 0 Å². The van der Waals surface area contributed by atoms with Crippen LogP contribution in [0.1, 0.15) is 15.9 Å². The smallest absolute Gasteiger partial charge is 0.385 e. The lowest BCUT2D eigenvalue weighted by molar-refractivity contribution is -0.201. The minimum atomic E-state index is -5.32. The van der Waals surface area contributed by atoms with Gasteiger partial charge < -0.3 is 10.5 Å². The Bertz CT molecular complexity index is 838. The van der Waals surface area contributed by atoms with E-state index in [9.17, 15) is 27.6 Å². The lowest BCUT2D eigenvalue weighted by atomic mass is 10.1. The summed E-state index contributed by atoms with van der Waals surface area (Å²) in [5.74, 6) is -4.81. The van der Waals surface area contributed by atoms with Crippen molar-refractivity contribution in [3.63, 3.8) is 0 Å². The molecule has 27 heavy (non-hydrogen) atoms. The van der Waals surface area contributed by atoms with Gasteiger partial charge in [0.05, 0.1) is 0 Å². The molecule has 0 aliphatic rings. The summed E-state index contributed by atoms with van der Waals surface area (Å²) >= 11 is 0. The zero-order valence-electron chi connectivity index (χ0n) is 13.9. The van der Waals surface area contributed by atoms with Gasteiger partial charge in [0.25, 0.3) is 5.91 Å². The maximum absolute atomic E-state index is 12.7. The highest BCUT2D eigenvalue weighted by molar-refractivity contribution is 6.08. The van der Waals surface area contributed by atoms with E-state index >= 15 is 0 Å². The highest BCUT2D eigenvalue weighted by Crippen LogP contribution is 2.20. The van der Waals surface area contributed by atoms with Gasteiger partial charge in [-0.1, -0.05) is 30.3 Å². The van der Waals surface area contributed by atoms with Gasteiger partial charge in [0.2, 0.25) is 0 Å². The molecule has 2 aromatic carbocycles. The van der Waals surface area contributed by atoms with E-state index < -0.39 is 30.6 Å². The lowest BCUT2D eigenvalue weighted by Gasteiger charge is -2.22. The number of nitrogens with zero attached hydrogens (tertiary/aromatic N) is 1. The highest BCUT2D eigenvalue weighted by Gasteiger charge is 2.42. The molecule has 142 valence electrons. The first-order chi connectivity index (χ1) is 12.7. The second-order valence-electron chi connectivity index (χ2n) is 5.39. The van der Waals surface area contributed by atoms with Gasteiger partial charge in [-0.05, 0) is 29.8 Å². The van der Waals surface area contributed by atoms with Crippen molar-refractivity contribution in [1.29, 1.82) is 0 Å². The third-order valence-electron chi connectivity index (χ3n) is 3.45. The molecule has 0 fully saturated rings. The van der Waals surface area contributed by atoms with Crippen molar-refractivity contribution in [2.24, 2.45) is 5.73 Å². The van der Waals surface area contributed by atoms with Crippen LogP contribution in [0.2, 0.25) is 0 Å². The number of hydrogen-bond donors (Lipinski definition) is 1. The summed E-state index contributed by atoms with van der Waals surface area (Å²) in [5.41, 5.74) is 6.62. The molecule has 6 nitrogen and oxygen atoms in total. The van der Waals surface area contributed by atoms with Gasteiger partial charge in [-0.15, -0.1) is 0 Å². The Hall–Kier alpha value is -3.20. The van der Waals surface area contributed by atoms with Crippen LogP contribution in [0.5, 0.6) is 0 Å². The quantitative estimate of drug-likeness (QED) is 0.636. The van der Waals surface area contributed by atoms with Crippen molar-refractivity contribution in [3.05, 3.63) is 65.7 Å². The monoisotopic (exact) mass is 380 g/mol. The van der Waals surface area contributed by atoms with Crippen molar-refractivity contribution in [2.75, 3.05) is 11.4 Å². The van der Waals surface area contributed by atoms with Crippen LogP contribution < -0.4 is 10.6 Å². The van der Waals surface area contributed by atoms with Crippen molar-refractivity contribution < 1.29 is 32.3 Å². The van der Waals surface area contributed by atoms with Crippen LogP contribution in [0, 0.1) is 0 Å². The summed E-state index contributed by atoms with van der Waals surface area (Å²) in [6.07, 6.45) is -5.32. The first kappa shape index (κ1) is 20.1. The summed E-state index contributed by atoms with van der Waals surface area (Å²) in [6, 6.07) is 14.1. The van der Waals surface area contributed by atoms with Gasteiger partial charge in [-0.25, -0.2) is 9.59 Å². The molecule has 0 aliphatic carbocycles. The molecule has 0 bridgehead atoms. The molecule has 1 amide bonds. The molecule has 2 N–H and O–H groups in total. The topological polar surface area (TPSA) is 89.7 Å². The zero-order valence-corrected chi connectivity index (χ0v) is 13.9. The molecule has 0 unspecified atom stereocenters. The lowest BCUT2D eigenvalue weighted by Crippen LogP contribution is -2.39. The van der Waals surface area contributed by atoms with Crippen LogP contribution in [0.25, 0.3) is 0 Å². The number of halogens is 3. The molecule has 0 saturated carbocycles. The summed E-state index contributed by atoms with van der Waals surface area (Å²) in [6.45, 7) is -0.734. The van der Waals surface area contributed by atoms with Crippen LogP contribution in [0.15, 0.2) is 54.6 Å². The number of rotatable bonds is 5. The fraction of sp³-hybridized carbons (Fsp3) is 0.167. The Balaban J connectivity index is 2.31. The van der Waals surface area contributed by atoms with Crippen molar-refractivity contribution in [3.8, 4) is 0 Å². The molecular weight excluding hydrogens is 365 g/mol. The minimum absolute atomic E-state index is 0.151. The standard InChI is InChI=1S/C18H15F3N2O4/c19-18(20,21)17(26)27-15(24)11-23(14-8-4-5-12(9-14)10-22)16(25)13-6-2-1-3-7-13/h1-9H,10-11,22H2. The average Bonchev–Trinajstić information content (AvgIpc) is 2.65. The maximum Gasteiger partial charge on any atom is 0.491 e. The third kappa shape index (κ3) is 5.38. The zero-order chi connectivity index (χ0) is 20.0. The number of carbonyl (C=O) groups excluding carboxylic acids is 3. The molecule has 2 aromatic rings. The first-order valence-electron chi connectivity index (χ1n) is 7.70. The number of carbonyl (C=O) groups is 3. The Morgan fingerprint density at radius 1 is 1.00 bits per heavy atom. The normalized spacial score (nSPS) is 11.0. The minimum Gasteiger partial charge on any atom is -0.385 e. The van der Waals surface area contributed by atoms with Gasteiger partial charge in [-0.2, -0.15) is 13.2 Å². The Morgan fingerprint density at radius 2 is 1.67 bits per heavy atom. The average molecular weight is 380 g/mol. The van der Waals surface area contributed by atoms with Crippen LogP contribution in [-0.4, -0.2) is 30.6 Å². The number of alkyl halides is 3. The van der Waals surface area contributed by atoms with Gasteiger partial charge >= 0.3 is 18.1 Å². The number of nitrogens with two attached hydrogens (primary N) is 1. The van der Waals surface area contributed by atoms with Gasteiger partial charge in [-0.3, -0.25) is 9.69 Å². The van der Waals surface area contributed by atoms with Gasteiger partial charge in [0.1, 0.15) is 6.54 Å². The SMILES string of the molecule is NCc1cccc(N(CC(=O)OC(=O)C(F)(F)F)C(=O)c2ccccc2)c1. The molecule has 2 rings (SSSR count).